The monoisotopic (exact) mass is 288 g/mol. The summed E-state index contributed by atoms with van der Waals surface area (Å²) < 4.78 is 5.73. The van der Waals surface area contributed by atoms with E-state index in [4.69, 9.17) is 4.74 Å². The Morgan fingerprint density at radius 1 is 1.19 bits per heavy atom. The van der Waals surface area contributed by atoms with Gasteiger partial charge in [-0.15, -0.1) is 0 Å². The lowest BCUT2D eigenvalue weighted by Gasteiger charge is -2.30. The molecule has 2 saturated heterocycles. The predicted molar refractivity (Wildman–Crippen MR) is 82.5 cm³/mol. The molecule has 0 radical (unpaired) electrons. The van der Waals surface area contributed by atoms with Gasteiger partial charge in [-0.2, -0.15) is 0 Å². The molecule has 1 amide bonds. The Balaban J connectivity index is 1.86. The third-order valence-corrected chi connectivity index (χ3v) is 4.87. The van der Waals surface area contributed by atoms with Crippen molar-refractivity contribution in [2.24, 2.45) is 5.92 Å². The fourth-order valence-electron chi connectivity index (χ4n) is 3.37. The normalized spacial score (nSPS) is 26.5. The lowest BCUT2D eigenvalue weighted by atomic mass is 10.0. The van der Waals surface area contributed by atoms with Crippen molar-refractivity contribution in [3.8, 4) is 0 Å². The molecule has 1 aromatic carbocycles. The molecule has 0 unspecified atom stereocenters. The number of likely N-dealkylation sites (N-methyl/N-ethyl adjacent to an activating group) is 1. The summed E-state index contributed by atoms with van der Waals surface area (Å²) in [4.78, 5) is 17.3. The molecule has 4 nitrogen and oxygen atoms in total. The minimum Gasteiger partial charge on any atom is -0.379 e. The molecule has 0 N–H and O–H groups in total. The second-order valence-electron chi connectivity index (χ2n) is 6.45. The van der Waals surface area contributed by atoms with E-state index in [1.165, 1.54) is 5.56 Å². The van der Waals surface area contributed by atoms with Gasteiger partial charge >= 0.3 is 0 Å². The van der Waals surface area contributed by atoms with E-state index in [2.05, 4.69) is 24.9 Å². The van der Waals surface area contributed by atoms with Crippen LogP contribution in [-0.4, -0.2) is 61.6 Å². The number of benzene rings is 1. The summed E-state index contributed by atoms with van der Waals surface area (Å²) in [5.74, 6) is 0.583. The largest absolute Gasteiger partial charge is 0.379 e. The molecule has 114 valence electrons. The molecule has 4 heteroatoms. The maximum Gasteiger partial charge on any atom is 0.254 e. The van der Waals surface area contributed by atoms with Crippen LogP contribution in [0.25, 0.3) is 0 Å². The van der Waals surface area contributed by atoms with Crippen LogP contribution in [0.4, 0.5) is 0 Å². The van der Waals surface area contributed by atoms with E-state index < -0.39 is 0 Å². The van der Waals surface area contributed by atoms with E-state index >= 15 is 0 Å². The lowest BCUT2D eigenvalue weighted by Crippen LogP contribution is -2.44. The average Bonchev–Trinajstić information content (AvgIpc) is 2.69. The van der Waals surface area contributed by atoms with Crippen molar-refractivity contribution in [3.63, 3.8) is 0 Å². The van der Waals surface area contributed by atoms with E-state index in [0.717, 1.165) is 44.0 Å². The van der Waals surface area contributed by atoms with E-state index in [9.17, 15) is 4.79 Å². The molecule has 2 fully saturated rings. The molecular formula is C17H24N2O2. The zero-order valence-corrected chi connectivity index (χ0v) is 13.1. The second kappa shape index (κ2) is 5.78. The van der Waals surface area contributed by atoms with E-state index in [1.807, 2.05) is 24.0 Å². The van der Waals surface area contributed by atoms with Crippen molar-refractivity contribution in [2.45, 2.75) is 19.9 Å². The maximum atomic E-state index is 12.9. The number of hydrogen-bond acceptors (Lipinski definition) is 3. The first-order valence-corrected chi connectivity index (χ1v) is 7.69. The van der Waals surface area contributed by atoms with Crippen molar-refractivity contribution in [2.75, 3.05) is 39.9 Å². The topological polar surface area (TPSA) is 32.8 Å². The highest BCUT2D eigenvalue weighted by molar-refractivity contribution is 5.96. The van der Waals surface area contributed by atoms with Gasteiger partial charge in [0.1, 0.15) is 0 Å². The van der Waals surface area contributed by atoms with E-state index in [1.54, 1.807) is 0 Å². The zero-order valence-electron chi connectivity index (χ0n) is 13.1. The van der Waals surface area contributed by atoms with E-state index in [0.29, 0.717) is 12.0 Å². The molecule has 0 aromatic heterocycles. The number of fused-ring (bicyclic) bond motifs is 3. The Bertz CT molecular complexity index is 544. The van der Waals surface area contributed by atoms with Gasteiger partial charge in [-0.25, -0.2) is 0 Å². The molecule has 21 heavy (non-hydrogen) atoms. The predicted octanol–water partition coefficient (Wildman–Crippen LogP) is 1.71. The number of nitrogens with zero attached hydrogens (tertiary/aromatic N) is 2. The van der Waals surface area contributed by atoms with Crippen LogP contribution < -0.4 is 0 Å². The van der Waals surface area contributed by atoms with Crippen LogP contribution in [0.5, 0.6) is 0 Å². The zero-order chi connectivity index (χ0) is 15.0. The number of carbonyl (C=O) groups is 1. The summed E-state index contributed by atoms with van der Waals surface area (Å²) in [7, 11) is 2.14. The molecule has 0 aliphatic carbocycles. The Hall–Kier alpha value is -1.39. The fourth-order valence-corrected chi connectivity index (χ4v) is 3.37. The van der Waals surface area contributed by atoms with Gasteiger partial charge < -0.3 is 9.64 Å². The third-order valence-electron chi connectivity index (χ3n) is 4.87. The quantitative estimate of drug-likeness (QED) is 0.788. The van der Waals surface area contributed by atoms with Gasteiger partial charge in [0.25, 0.3) is 5.91 Å². The first-order valence-electron chi connectivity index (χ1n) is 7.69. The molecular weight excluding hydrogens is 264 g/mol. The number of hydrogen-bond donors (Lipinski definition) is 0. The summed E-state index contributed by atoms with van der Waals surface area (Å²) in [6.07, 6.45) is 0. The third kappa shape index (κ3) is 2.83. The number of amides is 1. The maximum absolute atomic E-state index is 12.9. The molecule has 2 aliphatic rings. The van der Waals surface area contributed by atoms with Crippen LogP contribution in [0.2, 0.25) is 0 Å². The highest BCUT2D eigenvalue weighted by Crippen LogP contribution is 2.21. The van der Waals surface area contributed by atoms with Gasteiger partial charge in [0.15, 0.2) is 0 Å². The minimum absolute atomic E-state index is 0.170. The standard InChI is InChI=1S/C17H24N2O2/c1-12-5-4-6-16(13(12)2)17(20)19-8-14-7-18(3)15(9-19)11-21-10-14/h4-6,14-15H,7-11H2,1-3H3/t14-,15+/m1/s1. The first-order chi connectivity index (χ1) is 10.1. The Kier molecular flexibility index (Phi) is 4.00. The molecule has 1 aromatic rings. The van der Waals surface area contributed by atoms with Gasteiger partial charge in [-0.1, -0.05) is 12.1 Å². The van der Waals surface area contributed by atoms with Crippen LogP contribution in [0.3, 0.4) is 0 Å². The number of ether oxygens (including phenoxy) is 1. The van der Waals surface area contributed by atoms with Gasteiger partial charge in [0.05, 0.1) is 19.3 Å². The van der Waals surface area contributed by atoms with Crippen LogP contribution in [0, 0.1) is 19.8 Å². The first kappa shape index (κ1) is 14.5. The molecule has 0 saturated carbocycles. The highest BCUT2D eigenvalue weighted by atomic mass is 16.5. The van der Waals surface area contributed by atoms with Crippen molar-refractivity contribution >= 4 is 5.91 Å². The van der Waals surface area contributed by atoms with Crippen LogP contribution >= 0.6 is 0 Å². The number of aryl methyl sites for hydroxylation is 1. The van der Waals surface area contributed by atoms with Crippen molar-refractivity contribution in [1.82, 2.24) is 9.80 Å². The van der Waals surface area contributed by atoms with Gasteiger partial charge in [0.2, 0.25) is 0 Å². The molecule has 0 spiro atoms. The molecule has 2 heterocycles. The smallest absolute Gasteiger partial charge is 0.254 e. The fraction of sp³-hybridized carbons (Fsp3) is 0.588. The molecule has 2 bridgehead atoms. The van der Waals surface area contributed by atoms with Gasteiger partial charge in [0, 0.05) is 31.1 Å². The molecule has 2 atom stereocenters. The Labute approximate surface area is 126 Å². The van der Waals surface area contributed by atoms with Crippen LogP contribution in [0.15, 0.2) is 18.2 Å². The second-order valence-corrected chi connectivity index (χ2v) is 6.45. The summed E-state index contributed by atoms with van der Waals surface area (Å²) in [5.41, 5.74) is 3.12. The number of rotatable bonds is 1. The number of carbonyl (C=O) groups excluding carboxylic acids is 1. The van der Waals surface area contributed by atoms with Crippen molar-refractivity contribution in [1.29, 1.82) is 0 Å². The van der Waals surface area contributed by atoms with Gasteiger partial charge in [-0.3, -0.25) is 9.69 Å². The van der Waals surface area contributed by atoms with Crippen molar-refractivity contribution < 1.29 is 9.53 Å². The summed E-state index contributed by atoms with van der Waals surface area (Å²) in [5, 5.41) is 0. The summed E-state index contributed by atoms with van der Waals surface area (Å²) >= 11 is 0. The SMILES string of the molecule is Cc1cccc(C(=O)N2C[C@@H]3COC[C@H](C2)N(C)C3)c1C. The summed E-state index contributed by atoms with van der Waals surface area (Å²) in [6.45, 7) is 8.16. The summed E-state index contributed by atoms with van der Waals surface area (Å²) in [6, 6.07) is 6.30. The Morgan fingerprint density at radius 2 is 2.00 bits per heavy atom. The van der Waals surface area contributed by atoms with Crippen molar-refractivity contribution in [3.05, 3.63) is 34.9 Å². The minimum atomic E-state index is 0.170. The molecule has 3 rings (SSSR count). The highest BCUT2D eigenvalue weighted by Gasteiger charge is 2.33. The van der Waals surface area contributed by atoms with Crippen LogP contribution in [0.1, 0.15) is 21.5 Å². The Morgan fingerprint density at radius 3 is 2.81 bits per heavy atom. The lowest BCUT2D eigenvalue weighted by molar-refractivity contribution is 0.0433. The average molecular weight is 288 g/mol. The molecule has 2 aliphatic heterocycles. The van der Waals surface area contributed by atoms with Crippen LogP contribution in [-0.2, 0) is 4.74 Å². The van der Waals surface area contributed by atoms with E-state index in [-0.39, 0.29) is 5.91 Å². The van der Waals surface area contributed by atoms with Gasteiger partial charge in [-0.05, 0) is 38.1 Å².